The van der Waals surface area contributed by atoms with E-state index in [2.05, 4.69) is 41.5 Å². The predicted octanol–water partition coefficient (Wildman–Crippen LogP) is 4.87. The summed E-state index contributed by atoms with van der Waals surface area (Å²) in [5, 5.41) is 2.88. The molecule has 1 amide bonds. The van der Waals surface area contributed by atoms with Crippen molar-refractivity contribution in [2.45, 2.75) is 19.2 Å². The van der Waals surface area contributed by atoms with Crippen molar-refractivity contribution in [1.29, 1.82) is 0 Å². The van der Waals surface area contributed by atoms with Gasteiger partial charge in [-0.3, -0.25) is 4.79 Å². The van der Waals surface area contributed by atoms with Crippen molar-refractivity contribution < 1.29 is 13.9 Å². The molecule has 0 atom stereocenters. The molecule has 4 nitrogen and oxygen atoms in total. The highest BCUT2D eigenvalue weighted by Gasteiger charge is 2.04. The van der Waals surface area contributed by atoms with Gasteiger partial charge < -0.3 is 10.1 Å². The summed E-state index contributed by atoms with van der Waals surface area (Å²) in [4.78, 5) is 16.2. The molecule has 3 aromatic rings. The Bertz CT molecular complexity index is 915. The highest BCUT2D eigenvalue weighted by atomic mass is 32.2. The van der Waals surface area contributed by atoms with Crippen LogP contribution in [0.25, 0.3) is 0 Å². The molecule has 0 fully saturated rings. The van der Waals surface area contributed by atoms with Crippen LogP contribution in [0.3, 0.4) is 0 Å². The number of hydrogen-bond donors (Lipinski definition) is 1. The van der Waals surface area contributed by atoms with Gasteiger partial charge in [-0.2, -0.15) is 0 Å². The van der Waals surface area contributed by atoms with E-state index >= 15 is 0 Å². The lowest BCUT2D eigenvalue weighted by Gasteiger charge is -2.07. The number of carbonyl (C=O) groups excluding carboxylic acids is 1. The van der Waals surface area contributed by atoms with E-state index in [0.717, 1.165) is 11.3 Å². The van der Waals surface area contributed by atoms with E-state index in [9.17, 15) is 9.18 Å². The van der Waals surface area contributed by atoms with Crippen LogP contribution in [0.15, 0.2) is 66.9 Å². The van der Waals surface area contributed by atoms with Crippen molar-refractivity contribution in [2.75, 3.05) is 5.75 Å². The predicted molar refractivity (Wildman–Crippen MR) is 110 cm³/mol. The molecular weight excluding hydrogens is 375 g/mol. The number of thioether (sulfide) groups is 1. The number of halogens is 1. The quantitative estimate of drug-likeness (QED) is 0.590. The molecule has 0 radical (unpaired) electrons. The summed E-state index contributed by atoms with van der Waals surface area (Å²) in [6.45, 7) is 2.45. The molecule has 144 valence electrons. The number of aromatic nitrogens is 1. The summed E-state index contributed by atoms with van der Waals surface area (Å²) in [6, 6.07) is 17.7. The minimum atomic E-state index is -0.364. The highest BCUT2D eigenvalue weighted by Crippen LogP contribution is 2.20. The number of hydrogen-bond acceptors (Lipinski definition) is 4. The maximum absolute atomic E-state index is 13.2. The average Bonchev–Trinajstić information content (AvgIpc) is 2.69. The number of amides is 1. The number of nitrogens with zero attached hydrogens (tertiary/aromatic N) is 1. The Morgan fingerprint density at radius 2 is 1.89 bits per heavy atom. The zero-order valence-electron chi connectivity index (χ0n) is 15.5. The summed E-state index contributed by atoms with van der Waals surface area (Å²) >= 11 is 1.58. The first-order valence-corrected chi connectivity index (χ1v) is 10.0. The van der Waals surface area contributed by atoms with Crippen molar-refractivity contribution in [2.24, 2.45) is 0 Å². The Morgan fingerprint density at radius 3 is 2.61 bits per heavy atom. The fourth-order valence-electron chi connectivity index (χ4n) is 2.42. The average molecular weight is 396 g/mol. The van der Waals surface area contributed by atoms with E-state index in [1.54, 1.807) is 36.2 Å². The van der Waals surface area contributed by atoms with Gasteiger partial charge in [-0.25, -0.2) is 9.37 Å². The molecule has 0 spiro atoms. The van der Waals surface area contributed by atoms with Crippen molar-refractivity contribution in [1.82, 2.24) is 10.3 Å². The molecule has 1 heterocycles. The van der Waals surface area contributed by atoms with Crippen LogP contribution in [0.2, 0.25) is 0 Å². The molecule has 0 aliphatic carbocycles. The molecule has 1 aromatic heterocycles. The third-order valence-corrected chi connectivity index (χ3v) is 4.93. The minimum absolute atomic E-state index is 0.0165. The van der Waals surface area contributed by atoms with Crippen molar-refractivity contribution >= 4 is 17.7 Å². The molecule has 0 aliphatic heterocycles. The van der Waals surface area contributed by atoms with Crippen LogP contribution in [-0.2, 0) is 17.1 Å². The second-order valence-corrected chi connectivity index (χ2v) is 7.30. The van der Waals surface area contributed by atoms with Gasteiger partial charge in [-0.1, -0.05) is 42.0 Å². The number of carbonyl (C=O) groups is 1. The van der Waals surface area contributed by atoms with E-state index in [4.69, 9.17) is 4.74 Å². The number of nitrogens with one attached hydrogen (secondary N) is 1. The Labute approximate surface area is 168 Å². The first-order chi connectivity index (χ1) is 13.6. The first kappa shape index (κ1) is 19.9. The van der Waals surface area contributed by atoms with E-state index < -0.39 is 0 Å². The smallest absolute Gasteiger partial charge is 0.230 e. The topological polar surface area (TPSA) is 51.2 Å². The molecular formula is C22H21FN2O2S. The molecule has 0 saturated carbocycles. The van der Waals surface area contributed by atoms with Gasteiger partial charge in [-0.15, -0.1) is 11.8 Å². The standard InChI is InChI=1S/C22H21FN2O2S/c1-16-5-7-17(8-6-16)14-28-15-21(26)24-12-18-9-10-22(25-13-18)27-20-4-2-3-19(23)11-20/h2-11,13H,12,14-15H2,1H3,(H,24,26). The molecule has 0 saturated heterocycles. The Morgan fingerprint density at radius 1 is 1.11 bits per heavy atom. The highest BCUT2D eigenvalue weighted by molar-refractivity contribution is 7.99. The van der Waals surface area contributed by atoms with E-state index in [1.807, 2.05) is 6.07 Å². The largest absolute Gasteiger partial charge is 0.439 e. The van der Waals surface area contributed by atoms with Crippen LogP contribution >= 0.6 is 11.8 Å². The van der Waals surface area contributed by atoms with Gasteiger partial charge in [0.15, 0.2) is 0 Å². The molecule has 28 heavy (non-hydrogen) atoms. The summed E-state index contributed by atoms with van der Waals surface area (Å²) in [5.74, 6) is 1.59. The lowest BCUT2D eigenvalue weighted by atomic mass is 10.2. The summed E-state index contributed by atoms with van der Waals surface area (Å²) in [5.41, 5.74) is 3.30. The van der Waals surface area contributed by atoms with Gasteiger partial charge in [-0.05, 0) is 30.2 Å². The van der Waals surface area contributed by atoms with Gasteiger partial charge in [0.1, 0.15) is 11.6 Å². The molecule has 0 bridgehead atoms. The SMILES string of the molecule is Cc1ccc(CSCC(=O)NCc2ccc(Oc3cccc(F)c3)nc2)cc1. The van der Waals surface area contributed by atoms with Gasteiger partial charge in [0, 0.05) is 30.6 Å². The van der Waals surface area contributed by atoms with Crippen LogP contribution in [0.5, 0.6) is 11.6 Å². The van der Waals surface area contributed by atoms with Crippen molar-refractivity contribution in [3.8, 4) is 11.6 Å². The third-order valence-electron chi connectivity index (χ3n) is 3.93. The number of aryl methyl sites for hydroxylation is 1. The monoisotopic (exact) mass is 396 g/mol. The summed E-state index contributed by atoms with van der Waals surface area (Å²) in [7, 11) is 0. The van der Waals surface area contributed by atoms with Crippen molar-refractivity contribution in [3.63, 3.8) is 0 Å². The lowest BCUT2D eigenvalue weighted by Crippen LogP contribution is -2.24. The summed E-state index contributed by atoms with van der Waals surface area (Å²) < 4.78 is 18.7. The maximum Gasteiger partial charge on any atom is 0.230 e. The van der Waals surface area contributed by atoms with Gasteiger partial charge >= 0.3 is 0 Å². The number of benzene rings is 2. The fraction of sp³-hybridized carbons (Fsp3) is 0.182. The van der Waals surface area contributed by atoms with Gasteiger partial charge in [0.2, 0.25) is 11.8 Å². The van der Waals surface area contributed by atoms with E-state index in [-0.39, 0.29) is 11.7 Å². The molecule has 6 heteroatoms. The molecule has 3 rings (SSSR count). The summed E-state index contributed by atoms with van der Waals surface area (Å²) in [6.07, 6.45) is 1.63. The van der Waals surface area contributed by atoms with Crippen molar-refractivity contribution in [3.05, 3.63) is 89.4 Å². The van der Waals surface area contributed by atoms with Crippen LogP contribution in [0, 0.1) is 12.7 Å². The number of ether oxygens (including phenoxy) is 1. The van der Waals surface area contributed by atoms with E-state index in [1.165, 1.54) is 23.3 Å². The molecule has 0 unspecified atom stereocenters. The lowest BCUT2D eigenvalue weighted by molar-refractivity contribution is -0.118. The molecule has 1 N–H and O–H groups in total. The first-order valence-electron chi connectivity index (χ1n) is 8.87. The second kappa shape index (κ2) is 9.90. The molecule has 0 aliphatic rings. The Hall–Kier alpha value is -2.86. The third kappa shape index (κ3) is 6.39. The fourth-order valence-corrected chi connectivity index (χ4v) is 3.24. The minimum Gasteiger partial charge on any atom is -0.439 e. The van der Waals surface area contributed by atoms with Crippen LogP contribution < -0.4 is 10.1 Å². The maximum atomic E-state index is 13.2. The Balaban J connectivity index is 1.40. The number of pyridine rings is 1. The van der Waals surface area contributed by atoms with Gasteiger partial charge in [0.25, 0.3) is 0 Å². The molecule has 2 aromatic carbocycles. The second-order valence-electron chi connectivity index (χ2n) is 6.32. The normalized spacial score (nSPS) is 10.5. The Kier molecular flexibility index (Phi) is 7.03. The zero-order chi connectivity index (χ0) is 19.8. The van der Waals surface area contributed by atoms with Crippen LogP contribution in [0.4, 0.5) is 4.39 Å². The van der Waals surface area contributed by atoms with E-state index in [0.29, 0.717) is 23.9 Å². The zero-order valence-corrected chi connectivity index (χ0v) is 16.3. The van der Waals surface area contributed by atoms with Crippen LogP contribution in [0.1, 0.15) is 16.7 Å². The van der Waals surface area contributed by atoms with Crippen LogP contribution in [-0.4, -0.2) is 16.6 Å². The van der Waals surface area contributed by atoms with Gasteiger partial charge in [0.05, 0.1) is 5.75 Å². The number of rotatable bonds is 8.